The minimum absolute atomic E-state index is 0.289. The largest absolute Gasteiger partial charge is 0.497 e. The molecule has 4 aliphatic heterocycles. The van der Waals surface area contributed by atoms with Gasteiger partial charge < -0.3 is 14.8 Å². The third-order valence-electron chi connectivity index (χ3n) is 6.63. The molecule has 0 saturated carbocycles. The number of allylic oxidation sites excluding steroid dienone is 1. The third kappa shape index (κ3) is 1.76. The Morgan fingerprint density at radius 1 is 1.42 bits per heavy atom. The van der Waals surface area contributed by atoms with Crippen LogP contribution in [-0.2, 0) is 6.42 Å². The maximum atomic E-state index is 10.1. The van der Waals surface area contributed by atoms with Crippen molar-refractivity contribution in [3.05, 3.63) is 41.1 Å². The van der Waals surface area contributed by atoms with Crippen molar-refractivity contribution in [2.24, 2.45) is 11.8 Å². The maximum Gasteiger partial charge on any atom is 0.119 e. The Bertz CT molecular complexity index is 838. The zero-order valence-corrected chi connectivity index (χ0v) is 14.2. The third-order valence-corrected chi connectivity index (χ3v) is 6.63. The summed E-state index contributed by atoms with van der Waals surface area (Å²) in [6, 6.07) is 7.24. The van der Waals surface area contributed by atoms with Crippen LogP contribution in [0.15, 0.2) is 29.8 Å². The fraction of sp³-hybridized carbons (Fsp3) is 0.500. The summed E-state index contributed by atoms with van der Waals surface area (Å²) in [7, 11) is 1.72. The molecule has 5 atom stereocenters. The van der Waals surface area contributed by atoms with E-state index in [0.29, 0.717) is 23.9 Å². The number of aromatic amines is 1. The van der Waals surface area contributed by atoms with E-state index in [0.717, 1.165) is 25.1 Å². The van der Waals surface area contributed by atoms with Crippen molar-refractivity contribution in [2.75, 3.05) is 20.3 Å². The van der Waals surface area contributed by atoms with Crippen LogP contribution in [0.5, 0.6) is 5.75 Å². The van der Waals surface area contributed by atoms with E-state index in [1.54, 1.807) is 7.11 Å². The molecule has 1 aromatic carbocycles. The van der Waals surface area contributed by atoms with E-state index in [9.17, 15) is 5.11 Å². The average molecular weight is 324 g/mol. The number of hydrogen-bond donors (Lipinski definition) is 2. The van der Waals surface area contributed by atoms with Crippen LogP contribution in [0, 0.1) is 11.8 Å². The lowest BCUT2D eigenvalue weighted by atomic mass is 9.64. The minimum atomic E-state index is 0.289. The lowest BCUT2D eigenvalue weighted by Gasteiger charge is -2.58. The Kier molecular flexibility index (Phi) is 3.10. The second-order valence-corrected chi connectivity index (χ2v) is 7.44. The quantitative estimate of drug-likeness (QED) is 0.835. The van der Waals surface area contributed by atoms with E-state index >= 15 is 0 Å². The number of aromatic nitrogens is 1. The van der Waals surface area contributed by atoms with Crippen molar-refractivity contribution in [1.82, 2.24) is 9.88 Å². The SMILES string of the molecule is C/C=C1/CN2C3CC1C(CO)C2Cc1c3[nH]c2ccc(OC)cc12. The molecule has 126 valence electrons. The number of hydrogen-bond acceptors (Lipinski definition) is 3. The first-order valence-corrected chi connectivity index (χ1v) is 8.95. The van der Waals surface area contributed by atoms with Gasteiger partial charge in [0.25, 0.3) is 0 Å². The van der Waals surface area contributed by atoms with E-state index in [1.807, 2.05) is 6.07 Å². The van der Waals surface area contributed by atoms with Gasteiger partial charge in [-0.25, -0.2) is 0 Å². The Labute approximate surface area is 142 Å². The molecule has 0 aliphatic carbocycles. The molecule has 4 aliphatic rings. The number of aliphatic hydroxyl groups excluding tert-OH is 1. The first-order chi connectivity index (χ1) is 11.7. The summed E-state index contributed by atoms with van der Waals surface area (Å²) in [6.45, 7) is 3.49. The number of fused-ring (bicyclic) bond motifs is 4. The number of aliphatic hydroxyl groups is 1. The maximum absolute atomic E-state index is 10.1. The average Bonchev–Trinajstić information content (AvgIpc) is 2.99. The number of benzene rings is 1. The normalized spacial score (nSPS) is 35.5. The van der Waals surface area contributed by atoms with Gasteiger partial charge in [-0.05, 0) is 49.4 Å². The number of piperidine rings is 3. The van der Waals surface area contributed by atoms with Gasteiger partial charge in [-0.15, -0.1) is 0 Å². The first-order valence-electron chi connectivity index (χ1n) is 8.95. The molecule has 24 heavy (non-hydrogen) atoms. The highest BCUT2D eigenvalue weighted by atomic mass is 16.5. The number of methoxy groups -OCH3 is 1. The highest BCUT2D eigenvalue weighted by Crippen LogP contribution is 2.54. The van der Waals surface area contributed by atoms with Gasteiger partial charge in [0.2, 0.25) is 0 Å². The Morgan fingerprint density at radius 3 is 3.04 bits per heavy atom. The molecule has 3 fully saturated rings. The van der Waals surface area contributed by atoms with Crippen molar-refractivity contribution in [3.63, 3.8) is 0 Å². The number of nitrogens with one attached hydrogen (secondary N) is 1. The molecule has 1 aromatic heterocycles. The van der Waals surface area contributed by atoms with Crippen molar-refractivity contribution >= 4 is 10.9 Å². The van der Waals surface area contributed by atoms with Crippen LogP contribution in [-0.4, -0.2) is 41.3 Å². The summed E-state index contributed by atoms with van der Waals surface area (Å²) >= 11 is 0. The Hall–Kier alpha value is -1.78. The van der Waals surface area contributed by atoms with Crippen LogP contribution in [0.4, 0.5) is 0 Å². The molecule has 6 rings (SSSR count). The van der Waals surface area contributed by atoms with Gasteiger partial charge in [-0.1, -0.05) is 11.6 Å². The summed E-state index contributed by atoms with van der Waals surface area (Å²) in [4.78, 5) is 6.32. The second kappa shape index (κ2) is 5.11. The monoisotopic (exact) mass is 324 g/mol. The second-order valence-electron chi connectivity index (χ2n) is 7.44. The molecular formula is C20H24N2O2. The van der Waals surface area contributed by atoms with Crippen LogP contribution in [0.2, 0.25) is 0 Å². The summed E-state index contributed by atoms with van der Waals surface area (Å²) in [6.07, 6.45) is 4.42. The van der Waals surface area contributed by atoms with Gasteiger partial charge in [0.1, 0.15) is 5.75 Å². The lowest BCUT2D eigenvalue weighted by molar-refractivity contribution is -0.0503. The molecule has 5 unspecified atom stereocenters. The van der Waals surface area contributed by atoms with Gasteiger partial charge in [0, 0.05) is 41.7 Å². The molecule has 0 spiro atoms. The number of ether oxygens (including phenoxy) is 1. The van der Waals surface area contributed by atoms with Gasteiger partial charge in [0.15, 0.2) is 0 Å². The standard InChI is InChI=1S/C20H24N2O2/c1-3-11-9-22-18-8-15-14-6-12(24-2)4-5-17(14)21-20(15)19(22)7-13(11)16(18)10-23/h3-6,13,16,18-19,21,23H,7-10H2,1-2H3/b11-3-. The van der Waals surface area contributed by atoms with Crippen molar-refractivity contribution < 1.29 is 9.84 Å². The van der Waals surface area contributed by atoms with Crippen LogP contribution in [0.1, 0.15) is 30.6 Å². The van der Waals surface area contributed by atoms with Crippen LogP contribution in [0.3, 0.4) is 0 Å². The smallest absolute Gasteiger partial charge is 0.119 e. The number of rotatable bonds is 2. The summed E-state index contributed by atoms with van der Waals surface area (Å²) in [5.74, 6) is 1.82. The van der Waals surface area contributed by atoms with Crippen molar-refractivity contribution in [1.29, 1.82) is 0 Å². The molecule has 2 N–H and O–H groups in total. The lowest BCUT2D eigenvalue weighted by Crippen LogP contribution is -2.60. The first kappa shape index (κ1) is 14.6. The van der Waals surface area contributed by atoms with Crippen LogP contribution < -0.4 is 4.74 Å². The van der Waals surface area contributed by atoms with E-state index in [4.69, 9.17) is 4.74 Å². The fourth-order valence-electron chi connectivity index (χ4n) is 5.47. The molecule has 0 radical (unpaired) electrons. The van der Waals surface area contributed by atoms with E-state index in [-0.39, 0.29) is 6.61 Å². The summed E-state index contributed by atoms with van der Waals surface area (Å²) in [5, 5.41) is 11.3. The van der Waals surface area contributed by atoms with Gasteiger partial charge in [-0.2, -0.15) is 0 Å². The van der Waals surface area contributed by atoms with Crippen LogP contribution >= 0.6 is 0 Å². The van der Waals surface area contributed by atoms with E-state index in [2.05, 4.69) is 35.0 Å². The molecule has 4 nitrogen and oxygen atoms in total. The Balaban J connectivity index is 1.66. The Morgan fingerprint density at radius 2 is 2.29 bits per heavy atom. The zero-order chi connectivity index (χ0) is 16.4. The minimum Gasteiger partial charge on any atom is -0.497 e. The summed E-state index contributed by atoms with van der Waals surface area (Å²) in [5.41, 5.74) is 5.56. The van der Waals surface area contributed by atoms with E-state index < -0.39 is 0 Å². The molecule has 4 heteroatoms. The predicted octanol–water partition coefficient (Wildman–Crippen LogP) is 3.03. The van der Waals surface area contributed by atoms with Crippen molar-refractivity contribution in [2.45, 2.75) is 31.8 Å². The number of H-pyrrole nitrogens is 1. The molecular weight excluding hydrogens is 300 g/mol. The topological polar surface area (TPSA) is 48.5 Å². The molecule has 3 saturated heterocycles. The highest BCUT2D eigenvalue weighted by Gasteiger charge is 2.52. The van der Waals surface area contributed by atoms with Crippen molar-refractivity contribution in [3.8, 4) is 5.75 Å². The molecule has 2 aromatic rings. The van der Waals surface area contributed by atoms with Crippen LogP contribution in [0.25, 0.3) is 10.9 Å². The predicted molar refractivity (Wildman–Crippen MR) is 94.2 cm³/mol. The highest BCUT2D eigenvalue weighted by molar-refractivity contribution is 5.86. The molecule has 0 amide bonds. The number of nitrogens with zero attached hydrogens (tertiary/aromatic N) is 1. The molecule has 5 heterocycles. The molecule has 4 bridgehead atoms. The van der Waals surface area contributed by atoms with Gasteiger partial charge in [-0.3, -0.25) is 4.90 Å². The van der Waals surface area contributed by atoms with Gasteiger partial charge in [0.05, 0.1) is 13.2 Å². The fourth-order valence-corrected chi connectivity index (χ4v) is 5.47. The summed E-state index contributed by atoms with van der Waals surface area (Å²) < 4.78 is 5.43. The van der Waals surface area contributed by atoms with Gasteiger partial charge >= 0.3 is 0 Å². The zero-order valence-electron chi connectivity index (χ0n) is 14.2. The van der Waals surface area contributed by atoms with E-state index in [1.165, 1.54) is 27.7 Å².